The van der Waals surface area contributed by atoms with Crippen molar-refractivity contribution in [2.24, 2.45) is 0 Å². The number of hydrogen-bond acceptors (Lipinski definition) is 11. The standard InChI is InChI=1S/C41H40F4N8O5/c1-21-25(17-51-11-9-22(10-12-51)23-5-6-24-18-52(39(57)28(24)13-23)31-7-8-33(54)48-37(31)56)16-46-38(34(21)43)58-26-15-41(40(44)45)20-47-36-32(53(41)19-26)14-30(49-50-36)27-3-2-4-29(42)35(27)55/h2-6,13-14,16,22,26,31,40,55H,7-12,15,17-20H2,1H3,(H,47,50)(H,48,54,56)/t26-,31+,41+/m1/s1. The first-order valence-corrected chi connectivity index (χ1v) is 19.4. The number of imide groups is 1. The Morgan fingerprint density at radius 2 is 1.84 bits per heavy atom. The van der Waals surface area contributed by atoms with Crippen LogP contribution in [0.4, 0.5) is 29.1 Å². The van der Waals surface area contributed by atoms with Crippen molar-refractivity contribution < 1.29 is 41.8 Å². The van der Waals surface area contributed by atoms with E-state index < -0.39 is 47.4 Å². The van der Waals surface area contributed by atoms with Crippen LogP contribution in [0.25, 0.3) is 11.3 Å². The van der Waals surface area contributed by atoms with Crippen LogP contribution in [0.2, 0.25) is 0 Å². The summed E-state index contributed by atoms with van der Waals surface area (Å²) in [4.78, 5) is 47.0. The lowest BCUT2D eigenvalue weighted by molar-refractivity contribution is -0.136. The molecule has 302 valence electrons. The molecule has 4 aromatic rings. The molecule has 17 heteroatoms. The van der Waals surface area contributed by atoms with Crippen LogP contribution in [0.5, 0.6) is 11.6 Å². The van der Waals surface area contributed by atoms with Gasteiger partial charge in [0, 0.05) is 49.8 Å². The summed E-state index contributed by atoms with van der Waals surface area (Å²) < 4.78 is 65.9. The number of pyridine rings is 1. The fraction of sp³-hybridized carbons (Fsp3) is 0.415. The zero-order chi connectivity index (χ0) is 40.5. The quantitative estimate of drug-likeness (QED) is 0.162. The Balaban J connectivity index is 0.844. The minimum atomic E-state index is -2.83. The van der Waals surface area contributed by atoms with Crippen LogP contribution in [0, 0.1) is 18.6 Å². The van der Waals surface area contributed by atoms with Gasteiger partial charge in [0.2, 0.25) is 11.8 Å². The summed E-state index contributed by atoms with van der Waals surface area (Å²) in [5.74, 6) is -2.94. The summed E-state index contributed by atoms with van der Waals surface area (Å²) in [6.07, 6.45) is -0.119. The summed E-state index contributed by atoms with van der Waals surface area (Å²) in [5, 5.41) is 23.8. The van der Waals surface area contributed by atoms with Crippen LogP contribution in [-0.2, 0) is 22.7 Å². The second kappa shape index (κ2) is 14.5. The molecule has 3 atom stereocenters. The van der Waals surface area contributed by atoms with E-state index in [-0.39, 0.29) is 72.3 Å². The Morgan fingerprint density at radius 3 is 2.62 bits per heavy atom. The van der Waals surface area contributed by atoms with Crippen LogP contribution < -0.4 is 20.3 Å². The molecule has 0 aliphatic carbocycles. The predicted molar refractivity (Wildman–Crippen MR) is 201 cm³/mol. The number of carbonyl (C=O) groups excluding carboxylic acids is 3. The second-order valence-corrected chi connectivity index (χ2v) is 15.8. The lowest BCUT2D eigenvalue weighted by Crippen LogP contribution is -2.57. The molecule has 2 aromatic carbocycles. The molecule has 2 aromatic heterocycles. The molecule has 7 heterocycles. The number of hydrogen-bond donors (Lipinski definition) is 3. The fourth-order valence-electron chi connectivity index (χ4n) is 9.11. The highest BCUT2D eigenvalue weighted by Crippen LogP contribution is 2.47. The third kappa shape index (κ3) is 6.44. The van der Waals surface area contributed by atoms with E-state index in [0.717, 1.165) is 43.1 Å². The van der Waals surface area contributed by atoms with E-state index in [1.54, 1.807) is 18.0 Å². The van der Waals surface area contributed by atoms with Crippen LogP contribution in [0.15, 0.2) is 48.7 Å². The number of benzene rings is 2. The molecule has 0 radical (unpaired) electrons. The van der Waals surface area contributed by atoms with Gasteiger partial charge < -0.3 is 25.0 Å². The first kappa shape index (κ1) is 37.7. The van der Waals surface area contributed by atoms with Gasteiger partial charge in [0.25, 0.3) is 18.2 Å². The van der Waals surface area contributed by atoms with Gasteiger partial charge in [0.05, 0.1) is 17.9 Å². The Labute approximate surface area is 330 Å². The number of rotatable bonds is 8. The van der Waals surface area contributed by atoms with Crippen molar-refractivity contribution in [3.05, 3.63) is 88.1 Å². The number of amides is 3. The number of alkyl halides is 2. The summed E-state index contributed by atoms with van der Waals surface area (Å²) in [7, 11) is 0. The minimum absolute atomic E-state index is 0.0351. The summed E-state index contributed by atoms with van der Waals surface area (Å²) >= 11 is 0. The Kier molecular flexibility index (Phi) is 9.44. The van der Waals surface area contributed by atoms with Crippen molar-refractivity contribution in [1.82, 2.24) is 30.3 Å². The van der Waals surface area contributed by atoms with Gasteiger partial charge in [-0.05, 0) is 91.7 Å². The van der Waals surface area contributed by atoms with Crippen molar-refractivity contribution in [2.45, 2.75) is 82.1 Å². The number of phenols is 1. The van der Waals surface area contributed by atoms with Gasteiger partial charge >= 0.3 is 0 Å². The first-order valence-electron chi connectivity index (χ1n) is 19.4. The molecule has 0 saturated carbocycles. The smallest absolute Gasteiger partial charge is 0.263 e. The van der Waals surface area contributed by atoms with E-state index in [4.69, 9.17) is 4.74 Å². The maximum Gasteiger partial charge on any atom is 0.263 e. The molecule has 3 N–H and O–H groups in total. The fourth-order valence-corrected chi connectivity index (χ4v) is 9.11. The van der Waals surface area contributed by atoms with Crippen molar-refractivity contribution in [3.8, 4) is 22.9 Å². The third-order valence-electron chi connectivity index (χ3n) is 12.4. The van der Waals surface area contributed by atoms with Gasteiger partial charge in [-0.15, -0.1) is 10.2 Å². The number of piperidine rings is 2. The van der Waals surface area contributed by atoms with Crippen molar-refractivity contribution in [2.75, 3.05) is 36.4 Å². The number of anilines is 2. The molecular weight excluding hydrogens is 760 g/mol. The molecule has 0 bridgehead atoms. The first-order chi connectivity index (χ1) is 27.9. The van der Waals surface area contributed by atoms with Gasteiger partial charge in [-0.25, -0.2) is 22.5 Å². The molecule has 3 amide bonds. The van der Waals surface area contributed by atoms with Gasteiger partial charge in [-0.3, -0.25) is 24.6 Å². The average molecular weight is 801 g/mol. The topological polar surface area (TPSA) is 153 Å². The number of phenolic OH excluding ortho intramolecular Hbond substituents is 1. The lowest BCUT2D eigenvalue weighted by atomic mass is 9.87. The molecule has 5 aliphatic heterocycles. The van der Waals surface area contributed by atoms with Crippen LogP contribution in [0.3, 0.4) is 0 Å². The number of carbonyl (C=O) groups is 3. The van der Waals surface area contributed by atoms with Gasteiger partial charge in [-0.1, -0.05) is 18.2 Å². The van der Waals surface area contributed by atoms with Gasteiger partial charge in [-0.2, -0.15) is 0 Å². The third-order valence-corrected chi connectivity index (χ3v) is 12.4. The molecule has 9 rings (SSSR count). The van der Waals surface area contributed by atoms with E-state index >= 15 is 4.39 Å². The van der Waals surface area contributed by atoms with E-state index in [0.29, 0.717) is 36.2 Å². The molecule has 0 spiro atoms. The zero-order valence-corrected chi connectivity index (χ0v) is 31.5. The molecule has 0 unspecified atom stereocenters. The molecule has 5 aliphatic rings. The molecule has 3 fully saturated rings. The molecule has 13 nitrogen and oxygen atoms in total. The highest BCUT2D eigenvalue weighted by atomic mass is 19.3. The van der Waals surface area contributed by atoms with E-state index in [2.05, 4.69) is 30.7 Å². The Hall–Kier alpha value is -5.84. The number of likely N-dealkylation sites (tertiary alicyclic amines) is 1. The normalized spacial score (nSPS) is 23.4. The number of aromatic nitrogens is 3. The van der Waals surface area contributed by atoms with Crippen LogP contribution >= 0.6 is 0 Å². The van der Waals surface area contributed by atoms with Gasteiger partial charge in [0.15, 0.2) is 23.2 Å². The lowest BCUT2D eigenvalue weighted by Gasteiger charge is -2.43. The summed E-state index contributed by atoms with van der Waals surface area (Å²) in [5.41, 5.74) is 2.24. The van der Waals surface area contributed by atoms with Gasteiger partial charge in [0.1, 0.15) is 17.7 Å². The number of nitrogens with one attached hydrogen (secondary N) is 2. The summed E-state index contributed by atoms with van der Waals surface area (Å²) in [6.45, 7) is 3.67. The molecular formula is C41H40F4N8O5. The van der Waals surface area contributed by atoms with Crippen molar-refractivity contribution in [3.63, 3.8) is 0 Å². The monoisotopic (exact) mass is 800 g/mol. The highest BCUT2D eigenvalue weighted by molar-refractivity contribution is 6.05. The molecule has 3 saturated heterocycles. The predicted octanol–water partition coefficient (Wildman–Crippen LogP) is 5.06. The second-order valence-electron chi connectivity index (χ2n) is 15.8. The van der Waals surface area contributed by atoms with E-state index in [1.807, 2.05) is 18.2 Å². The maximum atomic E-state index is 15.9. The number of halogens is 4. The van der Waals surface area contributed by atoms with Crippen molar-refractivity contribution >= 4 is 29.2 Å². The number of para-hydroxylation sites is 1. The summed E-state index contributed by atoms with van der Waals surface area (Å²) in [6, 6.07) is 10.7. The number of fused-ring (bicyclic) bond motifs is 4. The number of aromatic hydroxyl groups is 1. The largest absolute Gasteiger partial charge is 0.504 e. The number of ether oxygens (including phenoxy) is 1. The van der Waals surface area contributed by atoms with E-state index in [1.165, 1.54) is 23.1 Å². The zero-order valence-electron chi connectivity index (χ0n) is 31.5. The Morgan fingerprint density at radius 1 is 1.03 bits per heavy atom. The van der Waals surface area contributed by atoms with Crippen molar-refractivity contribution in [1.29, 1.82) is 0 Å². The van der Waals surface area contributed by atoms with Crippen LogP contribution in [-0.4, -0.2) is 98.1 Å². The maximum absolute atomic E-state index is 15.9. The van der Waals surface area contributed by atoms with Crippen LogP contribution in [0.1, 0.15) is 70.6 Å². The minimum Gasteiger partial charge on any atom is -0.504 e. The Bertz CT molecular complexity index is 2340. The molecule has 58 heavy (non-hydrogen) atoms. The van der Waals surface area contributed by atoms with E-state index in [9.17, 15) is 32.7 Å². The number of nitrogens with zero attached hydrogens (tertiary/aromatic N) is 6. The average Bonchev–Trinajstić information content (AvgIpc) is 3.77. The SMILES string of the molecule is Cc1c(CN2CCC(c3ccc4c(c3)C(=O)N([C@H]3CCC(=O)NC3=O)C4)CC2)cnc(O[C@H]2CN3c4cc(-c5cccc(F)c5O)nnc4NC[C@]3(C(F)F)C2)c1F. The highest BCUT2D eigenvalue weighted by Gasteiger charge is 2.56.